The molecule has 0 saturated carbocycles. The maximum Gasteiger partial charge on any atom is 0.245 e. The van der Waals surface area contributed by atoms with Crippen molar-refractivity contribution in [3.63, 3.8) is 0 Å². The van der Waals surface area contributed by atoms with E-state index in [1.807, 2.05) is 0 Å². The van der Waals surface area contributed by atoms with Crippen LogP contribution in [0.15, 0.2) is 28.8 Å². The molecule has 0 bridgehead atoms. The average Bonchev–Trinajstić information content (AvgIpc) is 2.94. The van der Waals surface area contributed by atoms with Crippen LogP contribution >= 0.6 is 0 Å². The molecule has 1 unspecified atom stereocenters. The number of amides is 1. The van der Waals surface area contributed by atoms with E-state index in [1.165, 1.54) is 19.2 Å². The zero-order chi connectivity index (χ0) is 15.4. The summed E-state index contributed by atoms with van der Waals surface area (Å²) < 4.78 is 4.88. The molecule has 1 heterocycles. The summed E-state index contributed by atoms with van der Waals surface area (Å²) in [7, 11) is 1.37. The number of hydrogen-bond donors (Lipinski definition) is 1. The number of carbonyl (C=O) groups is 2. The van der Waals surface area contributed by atoms with Gasteiger partial charge in [-0.1, -0.05) is 23.4 Å². The third-order valence-electron chi connectivity index (χ3n) is 2.83. The van der Waals surface area contributed by atoms with Crippen molar-refractivity contribution in [3.8, 4) is 17.5 Å². The van der Waals surface area contributed by atoms with Crippen LogP contribution in [0.1, 0.15) is 16.2 Å². The lowest BCUT2D eigenvalue weighted by Gasteiger charge is -2.07. The molecule has 1 atom stereocenters. The van der Waals surface area contributed by atoms with E-state index in [1.54, 1.807) is 25.1 Å². The fourth-order valence-electron chi connectivity index (χ4n) is 1.78. The van der Waals surface area contributed by atoms with Gasteiger partial charge in [-0.3, -0.25) is 9.59 Å². The zero-order valence-electron chi connectivity index (χ0n) is 11.5. The molecule has 0 aliphatic carbocycles. The Labute approximate surface area is 120 Å². The summed E-state index contributed by atoms with van der Waals surface area (Å²) in [6.45, 7) is 1.66. The molecule has 7 nitrogen and oxygen atoms in total. The largest absolute Gasteiger partial charge is 0.358 e. The summed E-state index contributed by atoms with van der Waals surface area (Å²) >= 11 is 0. The third-order valence-corrected chi connectivity index (χ3v) is 2.83. The van der Waals surface area contributed by atoms with Crippen LogP contribution in [0.3, 0.4) is 0 Å². The van der Waals surface area contributed by atoms with Gasteiger partial charge in [0.25, 0.3) is 0 Å². The molecule has 2 aromatic rings. The number of nitriles is 1. The van der Waals surface area contributed by atoms with Gasteiger partial charge in [0.1, 0.15) is 0 Å². The summed E-state index contributed by atoms with van der Waals surface area (Å²) in [5, 5.41) is 15.0. The summed E-state index contributed by atoms with van der Waals surface area (Å²) in [6, 6.07) is 8.11. The van der Waals surface area contributed by atoms with E-state index in [4.69, 9.17) is 9.78 Å². The Hall–Kier alpha value is -3.01. The number of aryl methyl sites for hydroxylation is 1. The number of ketones is 1. The molecule has 0 saturated heterocycles. The van der Waals surface area contributed by atoms with E-state index in [0.717, 1.165) is 0 Å². The molecule has 0 aliphatic heterocycles. The minimum atomic E-state index is -1.38. The molecule has 1 N–H and O–H groups in total. The Bertz CT molecular complexity index is 730. The van der Waals surface area contributed by atoms with Gasteiger partial charge < -0.3 is 9.84 Å². The Morgan fingerprint density at radius 2 is 2.19 bits per heavy atom. The van der Waals surface area contributed by atoms with E-state index in [2.05, 4.69) is 15.5 Å². The van der Waals surface area contributed by atoms with Crippen molar-refractivity contribution >= 4 is 11.7 Å². The van der Waals surface area contributed by atoms with Crippen LogP contribution in [-0.4, -0.2) is 28.9 Å². The summed E-state index contributed by atoms with van der Waals surface area (Å²) in [5.74, 6) is -1.84. The molecule has 1 aromatic carbocycles. The number of rotatable bonds is 4. The molecular formula is C14H12N4O3. The molecule has 0 radical (unpaired) electrons. The quantitative estimate of drug-likeness (QED) is 0.665. The number of Topliss-reactive ketones (excluding diaryl/α,β-unsaturated/α-hetero) is 1. The summed E-state index contributed by atoms with van der Waals surface area (Å²) in [5.41, 5.74) is 0.816. The number of nitrogens with one attached hydrogen (secondary N) is 1. The van der Waals surface area contributed by atoms with Gasteiger partial charge in [-0.25, -0.2) is 0 Å². The predicted molar refractivity (Wildman–Crippen MR) is 72.0 cm³/mol. The van der Waals surface area contributed by atoms with Gasteiger partial charge in [0, 0.05) is 25.1 Å². The smallest absolute Gasteiger partial charge is 0.245 e. The van der Waals surface area contributed by atoms with Gasteiger partial charge in [-0.15, -0.1) is 0 Å². The molecule has 21 heavy (non-hydrogen) atoms. The monoisotopic (exact) mass is 284 g/mol. The van der Waals surface area contributed by atoms with Crippen LogP contribution in [0.4, 0.5) is 0 Å². The van der Waals surface area contributed by atoms with Crippen molar-refractivity contribution in [3.05, 3.63) is 35.7 Å². The molecule has 0 fully saturated rings. The van der Waals surface area contributed by atoms with Gasteiger partial charge in [0.2, 0.25) is 17.6 Å². The first-order chi connectivity index (χ1) is 10.1. The van der Waals surface area contributed by atoms with Crippen molar-refractivity contribution in [2.45, 2.75) is 6.92 Å². The third kappa shape index (κ3) is 2.95. The minimum absolute atomic E-state index is 0.241. The van der Waals surface area contributed by atoms with Crippen molar-refractivity contribution < 1.29 is 14.1 Å². The topological polar surface area (TPSA) is 109 Å². The highest BCUT2D eigenvalue weighted by atomic mass is 16.5. The fraction of sp³-hybridized carbons (Fsp3) is 0.214. The van der Waals surface area contributed by atoms with Crippen LogP contribution in [-0.2, 0) is 4.79 Å². The van der Waals surface area contributed by atoms with Gasteiger partial charge in [-0.05, 0) is 6.07 Å². The van der Waals surface area contributed by atoms with E-state index in [0.29, 0.717) is 17.3 Å². The van der Waals surface area contributed by atoms with Gasteiger partial charge in [-0.2, -0.15) is 10.2 Å². The van der Waals surface area contributed by atoms with Crippen LogP contribution < -0.4 is 5.32 Å². The van der Waals surface area contributed by atoms with Crippen molar-refractivity contribution in [2.24, 2.45) is 5.92 Å². The highest BCUT2D eigenvalue weighted by Gasteiger charge is 2.26. The van der Waals surface area contributed by atoms with E-state index in [-0.39, 0.29) is 5.56 Å². The first kappa shape index (κ1) is 14.4. The molecule has 106 valence electrons. The van der Waals surface area contributed by atoms with Gasteiger partial charge in [0.05, 0.1) is 6.07 Å². The lowest BCUT2D eigenvalue weighted by atomic mass is 9.96. The molecule has 1 amide bonds. The number of hydrogen-bond acceptors (Lipinski definition) is 6. The maximum absolute atomic E-state index is 12.2. The number of carbonyl (C=O) groups excluding carboxylic acids is 2. The van der Waals surface area contributed by atoms with Crippen molar-refractivity contribution in [1.29, 1.82) is 5.26 Å². The van der Waals surface area contributed by atoms with Crippen LogP contribution in [0.25, 0.3) is 11.4 Å². The average molecular weight is 284 g/mol. The lowest BCUT2D eigenvalue weighted by Crippen LogP contribution is -2.32. The summed E-state index contributed by atoms with van der Waals surface area (Å²) in [6.07, 6.45) is 0. The van der Waals surface area contributed by atoms with Crippen LogP contribution in [0.5, 0.6) is 0 Å². The first-order valence-electron chi connectivity index (χ1n) is 6.13. The lowest BCUT2D eigenvalue weighted by molar-refractivity contribution is -0.121. The standard InChI is InChI=1S/C14H12N4O3/c1-8-17-13(18-21-8)10-5-3-4-9(6-10)12(19)11(7-15)14(20)16-2/h3-6,11H,1-2H3,(H,16,20). The Morgan fingerprint density at radius 1 is 1.43 bits per heavy atom. The van der Waals surface area contributed by atoms with E-state index in [9.17, 15) is 9.59 Å². The second-order valence-corrected chi connectivity index (χ2v) is 4.26. The second-order valence-electron chi connectivity index (χ2n) is 4.26. The molecule has 1 aromatic heterocycles. The Balaban J connectivity index is 2.35. The first-order valence-corrected chi connectivity index (χ1v) is 6.13. The molecule has 7 heteroatoms. The molecule has 0 spiro atoms. The van der Waals surface area contributed by atoms with Gasteiger partial charge >= 0.3 is 0 Å². The molecule has 2 rings (SSSR count). The highest BCUT2D eigenvalue weighted by Crippen LogP contribution is 2.19. The molecular weight excluding hydrogens is 272 g/mol. The number of benzene rings is 1. The van der Waals surface area contributed by atoms with Crippen molar-refractivity contribution in [1.82, 2.24) is 15.5 Å². The van der Waals surface area contributed by atoms with E-state index >= 15 is 0 Å². The van der Waals surface area contributed by atoms with Crippen LogP contribution in [0, 0.1) is 24.2 Å². The maximum atomic E-state index is 12.2. The SMILES string of the molecule is CNC(=O)C(C#N)C(=O)c1cccc(-c2noc(C)n2)c1. The predicted octanol–water partition coefficient (Wildman–Crippen LogP) is 1.11. The number of nitrogens with zero attached hydrogens (tertiary/aromatic N) is 3. The van der Waals surface area contributed by atoms with Gasteiger partial charge in [0.15, 0.2) is 11.7 Å². The minimum Gasteiger partial charge on any atom is -0.358 e. The Morgan fingerprint density at radius 3 is 2.76 bits per heavy atom. The second kappa shape index (κ2) is 5.96. The normalized spacial score (nSPS) is 11.5. The van der Waals surface area contributed by atoms with E-state index < -0.39 is 17.6 Å². The van der Waals surface area contributed by atoms with Crippen LogP contribution in [0.2, 0.25) is 0 Å². The Kier molecular flexibility index (Phi) is 4.09. The fourth-order valence-corrected chi connectivity index (χ4v) is 1.78. The number of aromatic nitrogens is 2. The zero-order valence-corrected chi connectivity index (χ0v) is 11.5. The molecule has 0 aliphatic rings. The van der Waals surface area contributed by atoms with Crippen molar-refractivity contribution in [2.75, 3.05) is 7.05 Å². The highest BCUT2D eigenvalue weighted by molar-refractivity contribution is 6.12. The summed E-state index contributed by atoms with van der Waals surface area (Å²) in [4.78, 5) is 27.8.